The molecule has 5 N–H and O–H groups in total. The Bertz CT molecular complexity index is 491. The summed E-state index contributed by atoms with van der Waals surface area (Å²) < 4.78 is 0. The van der Waals surface area contributed by atoms with Crippen LogP contribution in [0.3, 0.4) is 0 Å². The van der Waals surface area contributed by atoms with Gasteiger partial charge < -0.3 is 21.3 Å². The van der Waals surface area contributed by atoms with Crippen LogP contribution in [-0.4, -0.2) is 28.1 Å². The number of phenols is 1. The van der Waals surface area contributed by atoms with Gasteiger partial charge in [-0.05, 0) is 30.5 Å². The van der Waals surface area contributed by atoms with Crippen molar-refractivity contribution < 1.29 is 19.8 Å². The van der Waals surface area contributed by atoms with Gasteiger partial charge in [-0.2, -0.15) is 0 Å². The number of carboxylic acid groups (broad SMARTS) is 1. The summed E-state index contributed by atoms with van der Waals surface area (Å²) in [6.45, 7) is 3.91. The van der Waals surface area contributed by atoms with Crippen LogP contribution in [0.15, 0.2) is 18.2 Å². The molecule has 1 aromatic carbocycles. The molecule has 0 radical (unpaired) electrons. The van der Waals surface area contributed by atoms with Gasteiger partial charge in [-0.3, -0.25) is 4.79 Å². The van der Waals surface area contributed by atoms with Gasteiger partial charge in [-0.15, -0.1) is 12.4 Å². The van der Waals surface area contributed by atoms with Crippen molar-refractivity contribution in [2.45, 2.75) is 26.3 Å². The highest BCUT2D eigenvalue weighted by Gasteiger charge is 2.16. The van der Waals surface area contributed by atoms with E-state index < -0.39 is 12.0 Å². The molecule has 1 aromatic rings. The number of rotatable bonds is 5. The molecule has 0 saturated heterocycles. The van der Waals surface area contributed by atoms with E-state index in [2.05, 4.69) is 5.32 Å². The summed E-state index contributed by atoms with van der Waals surface area (Å²) in [6.07, 6.45) is 0.537. The van der Waals surface area contributed by atoms with Crippen LogP contribution in [0, 0.1) is 5.92 Å². The van der Waals surface area contributed by atoms with E-state index in [-0.39, 0.29) is 35.5 Å². The van der Waals surface area contributed by atoms with Gasteiger partial charge in [0.1, 0.15) is 11.3 Å². The molecule has 0 aliphatic carbocycles. The van der Waals surface area contributed by atoms with Crippen molar-refractivity contribution >= 4 is 30.0 Å². The van der Waals surface area contributed by atoms with E-state index in [0.717, 1.165) is 0 Å². The first-order valence-corrected chi connectivity index (χ1v) is 5.94. The summed E-state index contributed by atoms with van der Waals surface area (Å²) in [6, 6.07) is 3.18. The second kappa shape index (κ2) is 7.72. The molecule has 0 aliphatic heterocycles. The molecule has 0 saturated carbocycles. The molecule has 1 amide bonds. The predicted molar refractivity (Wildman–Crippen MR) is 78.4 cm³/mol. The third-order valence-corrected chi connectivity index (χ3v) is 2.56. The Morgan fingerprint density at radius 3 is 2.45 bits per heavy atom. The number of aromatic carboxylic acids is 1. The number of carboxylic acids is 1. The molecule has 0 unspecified atom stereocenters. The number of nitrogens with two attached hydrogens (primary N) is 1. The summed E-state index contributed by atoms with van der Waals surface area (Å²) in [7, 11) is 0. The molecular formula is C13H19ClN2O4. The quantitative estimate of drug-likeness (QED) is 0.620. The molecule has 0 aromatic heterocycles. The second-order valence-corrected chi connectivity index (χ2v) is 4.76. The van der Waals surface area contributed by atoms with E-state index in [1.54, 1.807) is 0 Å². The Morgan fingerprint density at radius 1 is 1.35 bits per heavy atom. The number of nitrogens with one attached hydrogen (secondary N) is 1. The van der Waals surface area contributed by atoms with Gasteiger partial charge in [-0.25, -0.2) is 4.79 Å². The highest BCUT2D eigenvalue weighted by Crippen LogP contribution is 2.21. The smallest absolute Gasteiger partial charge is 0.339 e. The van der Waals surface area contributed by atoms with Crippen molar-refractivity contribution in [1.29, 1.82) is 0 Å². The number of carbonyl (C=O) groups is 2. The predicted octanol–water partition coefficient (Wildman–Crippen LogP) is 1.82. The average Bonchev–Trinajstić information content (AvgIpc) is 2.30. The molecule has 1 atom stereocenters. The SMILES string of the molecule is CC(C)C[C@H](N)C(=O)Nc1ccc(O)c(C(=O)O)c1.Cl. The first-order valence-electron chi connectivity index (χ1n) is 5.94. The zero-order valence-electron chi connectivity index (χ0n) is 11.3. The summed E-state index contributed by atoms with van der Waals surface area (Å²) in [5.74, 6) is -1.71. The maximum Gasteiger partial charge on any atom is 0.339 e. The monoisotopic (exact) mass is 302 g/mol. The fourth-order valence-corrected chi connectivity index (χ4v) is 1.63. The van der Waals surface area contributed by atoms with E-state index in [1.807, 2.05) is 13.8 Å². The van der Waals surface area contributed by atoms with Gasteiger partial charge in [-0.1, -0.05) is 13.8 Å². The third kappa shape index (κ3) is 5.07. The lowest BCUT2D eigenvalue weighted by Gasteiger charge is -2.14. The Hall–Kier alpha value is -1.79. The number of carbonyl (C=O) groups excluding carboxylic acids is 1. The summed E-state index contributed by atoms with van der Waals surface area (Å²) in [4.78, 5) is 22.6. The van der Waals surface area contributed by atoms with Crippen LogP contribution in [0.5, 0.6) is 5.75 Å². The van der Waals surface area contributed by atoms with Gasteiger partial charge in [0.2, 0.25) is 5.91 Å². The van der Waals surface area contributed by atoms with Gasteiger partial charge in [0, 0.05) is 5.69 Å². The van der Waals surface area contributed by atoms with Crippen molar-refractivity contribution in [1.82, 2.24) is 0 Å². The Labute approximate surface area is 123 Å². The number of aromatic hydroxyl groups is 1. The highest BCUT2D eigenvalue weighted by atomic mass is 35.5. The van der Waals surface area contributed by atoms with Crippen molar-refractivity contribution in [3.05, 3.63) is 23.8 Å². The van der Waals surface area contributed by atoms with Crippen LogP contribution in [0.2, 0.25) is 0 Å². The van der Waals surface area contributed by atoms with Crippen LogP contribution in [0.4, 0.5) is 5.69 Å². The largest absolute Gasteiger partial charge is 0.507 e. The Kier molecular flexibility index (Phi) is 7.02. The number of benzene rings is 1. The molecule has 0 aliphatic rings. The van der Waals surface area contributed by atoms with Crippen LogP contribution >= 0.6 is 12.4 Å². The first-order chi connectivity index (χ1) is 8.81. The minimum atomic E-state index is -1.26. The van der Waals surface area contributed by atoms with E-state index >= 15 is 0 Å². The lowest BCUT2D eigenvalue weighted by atomic mass is 10.0. The molecular weight excluding hydrogens is 284 g/mol. The number of hydrogen-bond donors (Lipinski definition) is 4. The maximum absolute atomic E-state index is 11.8. The standard InChI is InChI=1S/C13H18N2O4.ClH/c1-7(2)5-10(14)12(17)15-8-3-4-11(16)9(6-8)13(18)19;/h3-4,6-7,10,16H,5,14H2,1-2H3,(H,15,17)(H,18,19);1H/t10-;/m0./s1. The van der Waals surface area contributed by atoms with Crippen LogP contribution < -0.4 is 11.1 Å². The normalized spacial score (nSPS) is 11.6. The third-order valence-electron chi connectivity index (χ3n) is 2.56. The van der Waals surface area contributed by atoms with Crippen molar-refractivity contribution in [2.75, 3.05) is 5.32 Å². The number of hydrogen-bond acceptors (Lipinski definition) is 4. The van der Waals surface area contributed by atoms with Crippen LogP contribution in [0.25, 0.3) is 0 Å². The molecule has 0 spiro atoms. The van der Waals surface area contributed by atoms with Crippen molar-refractivity contribution in [3.63, 3.8) is 0 Å². The molecule has 20 heavy (non-hydrogen) atoms. The van der Waals surface area contributed by atoms with Gasteiger partial charge in [0.25, 0.3) is 0 Å². The minimum Gasteiger partial charge on any atom is -0.507 e. The van der Waals surface area contributed by atoms with Crippen LogP contribution in [0.1, 0.15) is 30.6 Å². The lowest BCUT2D eigenvalue weighted by molar-refractivity contribution is -0.117. The molecule has 112 valence electrons. The summed E-state index contributed by atoms with van der Waals surface area (Å²) >= 11 is 0. The number of amides is 1. The topological polar surface area (TPSA) is 113 Å². The zero-order chi connectivity index (χ0) is 14.6. The van der Waals surface area contributed by atoms with E-state index in [1.165, 1.54) is 18.2 Å². The molecule has 1 rings (SSSR count). The fourth-order valence-electron chi connectivity index (χ4n) is 1.63. The number of anilines is 1. The van der Waals surface area contributed by atoms with Crippen LogP contribution in [-0.2, 0) is 4.79 Å². The maximum atomic E-state index is 11.8. The Balaban J connectivity index is 0.00000361. The lowest BCUT2D eigenvalue weighted by Crippen LogP contribution is -2.36. The molecule has 6 nitrogen and oxygen atoms in total. The summed E-state index contributed by atoms with van der Waals surface area (Å²) in [5, 5.41) is 20.7. The average molecular weight is 303 g/mol. The number of halogens is 1. The van der Waals surface area contributed by atoms with Gasteiger partial charge in [0.05, 0.1) is 6.04 Å². The Morgan fingerprint density at radius 2 is 1.95 bits per heavy atom. The highest BCUT2D eigenvalue weighted by molar-refractivity contribution is 5.97. The summed E-state index contributed by atoms with van der Waals surface area (Å²) in [5.41, 5.74) is 5.74. The first kappa shape index (κ1) is 18.2. The molecule has 0 heterocycles. The molecule has 0 fully saturated rings. The van der Waals surface area contributed by atoms with E-state index in [9.17, 15) is 14.7 Å². The van der Waals surface area contributed by atoms with Gasteiger partial charge >= 0.3 is 5.97 Å². The van der Waals surface area contributed by atoms with E-state index in [0.29, 0.717) is 12.1 Å². The van der Waals surface area contributed by atoms with E-state index in [4.69, 9.17) is 10.8 Å². The van der Waals surface area contributed by atoms with Crippen molar-refractivity contribution in [2.24, 2.45) is 11.7 Å². The second-order valence-electron chi connectivity index (χ2n) is 4.76. The molecule has 7 heteroatoms. The molecule has 0 bridgehead atoms. The zero-order valence-corrected chi connectivity index (χ0v) is 12.1. The fraction of sp³-hybridized carbons (Fsp3) is 0.385. The van der Waals surface area contributed by atoms with Gasteiger partial charge in [0.15, 0.2) is 0 Å². The van der Waals surface area contributed by atoms with Crippen molar-refractivity contribution in [3.8, 4) is 5.75 Å². The minimum absolute atomic E-state index is 0.